The first-order valence-corrected chi connectivity index (χ1v) is 8.40. The molecule has 0 aliphatic rings. The largest absolute Gasteiger partial charge is 0.508 e. The van der Waals surface area contributed by atoms with Gasteiger partial charge >= 0.3 is 6.18 Å². The Hall–Kier alpha value is -3.03. The number of aromatic nitrogens is 2. The Kier molecular flexibility index (Phi) is 4.82. The molecule has 0 atom stereocenters. The third kappa shape index (κ3) is 3.74. The molecule has 3 rings (SSSR count). The molecule has 2 heterocycles. The minimum absolute atomic E-state index is 0.0572. The van der Waals surface area contributed by atoms with Crippen LogP contribution in [0.5, 0.6) is 5.75 Å². The molecule has 1 amide bonds. The minimum atomic E-state index is -4.52. The van der Waals surface area contributed by atoms with Crippen molar-refractivity contribution < 1.29 is 23.1 Å². The van der Waals surface area contributed by atoms with Gasteiger partial charge in [0.25, 0.3) is 5.91 Å². The zero-order valence-electron chi connectivity index (χ0n) is 14.8. The topological polar surface area (TPSA) is 66.6 Å². The van der Waals surface area contributed by atoms with E-state index in [0.717, 1.165) is 12.3 Å². The Morgan fingerprint density at radius 3 is 2.63 bits per heavy atom. The van der Waals surface area contributed by atoms with Crippen molar-refractivity contribution in [2.24, 2.45) is 0 Å². The third-order valence-corrected chi connectivity index (χ3v) is 4.18. The van der Waals surface area contributed by atoms with Crippen LogP contribution >= 0.6 is 0 Å². The van der Waals surface area contributed by atoms with E-state index in [4.69, 9.17) is 0 Å². The number of phenolic OH excluding ortho intramolecular Hbond substituents is 1. The molecule has 0 radical (unpaired) electrons. The predicted molar refractivity (Wildman–Crippen MR) is 95.0 cm³/mol. The SMILES string of the molecule is CCCc1nc2ccc(C(F)(F)F)cn2c1C(=O)Nc1ccc(O)cc1C. The van der Waals surface area contributed by atoms with Gasteiger partial charge < -0.3 is 10.4 Å². The van der Waals surface area contributed by atoms with Gasteiger partial charge in [-0.15, -0.1) is 0 Å². The van der Waals surface area contributed by atoms with Crippen LogP contribution in [0.2, 0.25) is 0 Å². The number of hydrogen-bond acceptors (Lipinski definition) is 3. The Labute approximate surface area is 153 Å². The van der Waals surface area contributed by atoms with E-state index in [1.54, 1.807) is 6.92 Å². The minimum Gasteiger partial charge on any atom is -0.508 e. The maximum absolute atomic E-state index is 13.1. The maximum Gasteiger partial charge on any atom is 0.417 e. The molecule has 3 aromatic rings. The van der Waals surface area contributed by atoms with E-state index in [1.165, 1.54) is 28.7 Å². The van der Waals surface area contributed by atoms with Crippen LogP contribution in [0.4, 0.5) is 18.9 Å². The van der Waals surface area contributed by atoms with Gasteiger partial charge in [-0.05, 0) is 49.2 Å². The van der Waals surface area contributed by atoms with Gasteiger partial charge in [0.2, 0.25) is 0 Å². The zero-order chi connectivity index (χ0) is 19.8. The van der Waals surface area contributed by atoms with Crippen molar-refractivity contribution >= 4 is 17.2 Å². The molecular formula is C19H18F3N3O2. The first-order valence-electron chi connectivity index (χ1n) is 8.40. The van der Waals surface area contributed by atoms with E-state index in [1.807, 2.05) is 6.92 Å². The molecule has 0 bridgehead atoms. The van der Waals surface area contributed by atoms with Crippen molar-refractivity contribution in [3.63, 3.8) is 0 Å². The summed E-state index contributed by atoms with van der Waals surface area (Å²) in [5.41, 5.74) is 1.02. The lowest BCUT2D eigenvalue weighted by atomic mass is 10.1. The average molecular weight is 377 g/mol. The van der Waals surface area contributed by atoms with Crippen molar-refractivity contribution in [3.05, 3.63) is 59.0 Å². The summed E-state index contributed by atoms with van der Waals surface area (Å²) >= 11 is 0. The second-order valence-electron chi connectivity index (χ2n) is 6.25. The van der Waals surface area contributed by atoms with E-state index in [0.29, 0.717) is 29.8 Å². The lowest BCUT2D eigenvalue weighted by molar-refractivity contribution is -0.137. The number of carbonyl (C=O) groups excluding carboxylic acids is 1. The van der Waals surface area contributed by atoms with Crippen molar-refractivity contribution in [3.8, 4) is 5.75 Å². The number of fused-ring (bicyclic) bond motifs is 1. The Morgan fingerprint density at radius 1 is 1.26 bits per heavy atom. The van der Waals surface area contributed by atoms with Crippen LogP contribution in [0.1, 0.15) is 40.7 Å². The van der Waals surface area contributed by atoms with E-state index in [-0.39, 0.29) is 17.1 Å². The predicted octanol–water partition coefficient (Wildman–Crippen LogP) is 4.57. The van der Waals surface area contributed by atoms with Gasteiger partial charge in [-0.25, -0.2) is 4.98 Å². The molecule has 0 unspecified atom stereocenters. The molecule has 0 saturated carbocycles. The molecule has 0 fully saturated rings. The monoisotopic (exact) mass is 377 g/mol. The number of imidazole rings is 1. The van der Waals surface area contributed by atoms with E-state index >= 15 is 0 Å². The molecule has 0 saturated heterocycles. The fourth-order valence-electron chi connectivity index (χ4n) is 2.88. The Bertz CT molecular complexity index is 1010. The third-order valence-electron chi connectivity index (χ3n) is 4.18. The van der Waals surface area contributed by atoms with Crippen LogP contribution in [0.3, 0.4) is 0 Å². The van der Waals surface area contributed by atoms with Gasteiger partial charge in [-0.1, -0.05) is 13.3 Å². The molecule has 2 N–H and O–H groups in total. The number of nitrogens with zero attached hydrogens (tertiary/aromatic N) is 2. The number of pyridine rings is 1. The number of phenols is 1. The number of carbonyl (C=O) groups is 1. The molecule has 1 aromatic carbocycles. The highest BCUT2D eigenvalue weighted by Crippen LogP contribution is 2.30. The summed E-state index contributed by atoms with van der Waals surface area (Å²) < 4.78 is 40.4. The number of aryl methyl sites for hydroxylation is 2. The number of benzene rings is 1. The highest BCUT2D eigenvalue weighted by atomic mass is 19.4. The van der Waals surface area contributed by atoms with Gasteiger partial charge in [0.1, 0.15) is 17.1 Å². The lowest BCUT2D eigenvalue weighted by Gasteiger charge is -2.11. The Balaban J connectivity index is 2.09. The van der Waals surface area contributed by atoms with Crippen molar-refractivity contribution in [1.82, 2.24) is 9.38 Å². The molecule has 27 heavy (non-hydrogen) atoms. The van der Waals surface area contributed by atoms with Crippen LogP contribution in [0.15, 0.2) is 36.5 Å². The summed E-state index contributed by atoms with van der Waals surface area (Å²) in [7, 11) is 0. The fraction of sp³-hybridized carbons (Fsp3) is 0.263. The van der Waals surface area contributed by atoms with Crippen molar-refractivity contribution in [1.29, 1.82) is 0 Å². The molecule has 0 aliphatic heterocycles. The van der Waals surface area contributed by atoms with Crippen LogP contribution in [0.25, 0.3) is 5.65 Å². The van der Waals surface area contributed by atoms with Crippen molar-refractivity contribution in [2.75, 3.05) is 5.32 Å². The summed E-state index contributed by atoms with van der Waals surface area (Å²) in [5.74, 6) is -0.499. The van der Waals surface area contributed by atoms with E-state index < -0.39 is 17.6 Å². The first-order chi connectivity index (χ1) is 12.7. The summed E-state index contributed by atoms with van der Waals surface area (Å²) in [5, 5.41) is 12.2. The number of alkyl halides is 3. The van der Waals surface area contributed by atoms with E-state index in [9.17, 15) is 23.1 Å². The van der Waals surface area contributed by atoms with Crippen LogP contribution < -0.4 is 5.32 Å². The van der Waals surface area contributed by atoms with Gasteiger partial charge in [0.15, 0.2) is 0 Å². The number of halogens is 3. The highest BCUT2D eigenvalue weighted by Gasteiger charge is 2.32. The first kappa shape index (κ1) is 18.8. The second kappa shape index (κ2) is 6.94. The van der Waals surface area contributed by atoms with Gasteiger partial charge in [0, 0.05) is 11.9 Å². The number of amides is 1. The molecule has 142 valence electrons. The van der Waals surface area contributed by atoms with Crippen LogP contribution in [0, 0.1) is 6.92 Å². The molecule has 5 nitrogen and oxygen atoms in total. The lowest BCUT2D eigenvalue weighted by Crippen LogP contribution is -2.17. The maximum atomic E-state index is 13.1. The Morgan fingerprint density at radius 2 is 2.00 bits per heavy atom. The summed E-state index contributed by atoms with van der Waals surface area (Å²) in [4.78, 5) is 17.2. The molecule has 0 aliphatic carbocycles. The zero-order valence-corrected chi connectivity index (χ0v) is 14.8. The van der Waals surface area contributed by atoms with Gasteiger partial charge in [0.05, 0.1) is 11.3 Å². The second-order valence-corrected chi connectivity index (χ2v) is 6.25. The number of anilines is 1. The summed E-state index contributed by atoms with van der Waals surface area (Å²) in [6.07, 6.45) is -2.49. The van der Waals surface area contributed by atoms with Gasteiger partial charge in [-0.2, -0.15) is 13.2 Å². The molecular weight excluding hydrogens is 359 g/mol. The smallest absolute Gasteiger partial charge is 0.417 e. The molecule has 0 spiro atoms. The molecule has 2 aromatic heterocycles. The number of aromatic hydroxyl groups is 1. The summed E-state index contributed by atoms with van der Waals surface area (Å²) in [6.45, 7) is 3.61. The number of nitrogens with one attached hydrogen (secondary N) is 1. The van der Waals surface area contributed by atoms with E-state index in [2.05, 4.69) is 10.3 Å². The quantitative estimate of drug-likeness (QED) is 0.655. The average Bonchev–Trinajstić information content (AvgIpc) is 2.94. The fourth-order valence-corrected chi connectivity index (χ4v) is 2.88. The van der Waals surface area contributed by atoms with Gasteiger partial charge in [-0.3, -0.25) is 9.20 Å². The summed E-state index contributed by atoms with van der Waals surface area (Å²) in [6, 6.07) is 6.64. The number of hydrogen-bond donors (Lipinski definition) is 2. The standard InChI is InChI=1S/C19H18F3N3O2/c1-3-4-15-17(18(27)24-14-7-6-13(26)9-11(14)2)25-10-12(19(20,21)22)5-8-16(25)23-15/h5-10,26H,3-4H2,1-2H3,(H,24,27). The van der Waals surface area contributed by atoms with Crippen LogP contribution in [-0.2, 0) is 12.6 Å². The molecule has 8 heteroatoms. The van der Waals surface area contributed by atoms with Crippen molar-refractivity contribution in [2.45, 2.75) is 32.9 Å². The normalized spacial score (nSPS) is 11.7. The number of rotatable bonds is 4. The highest BCUT2D eigenvalue weighted by molar-refractivity contribution is 6.05. The van der Waals surface area contributed by atoms with Crippen LogP contribution in [-0.4, -0.2) is 20.4 Å².